The van der Waals surface area contributed by atoms with E-state index in [4.69, 9.17) is 4.74 Å². The summed E-state index contributed by atoms with van der Waals surface area (Å²) in [6.07, 6.45) is 1.19. The Balaban J connectivity index is 0.00000729. The number of ether oxygens (including phenoxy) is 2. The lowest BCUT2D eigenvalue weighted by Crippen LogP contribution is -2.39. The number of rotatable bonds is 11. The molecule has 3 N–H and O–H groups in total. The third-order valence-electron chi connectivity index (χ3n) is 3.45. The zero-order valence-electron chi connectivity index (χ0n) is 16.4. The van der Waals surface area contributed by atoms with Gasteiger partial charge in [0.05, 0.1) is 13.7 Å². The number of methoxy groups -OCH3 is 1. The van der Waals surface area contributed by atoms with Gasteiger partial charge < -0.3 is 25.4 Å². The molecule has 0 radical (unpaired) electrons. The summed E-state index contributed by atoms with van der Waals surface area (Å²) in [7, 11) is 1.49. The molecule has 0 bridgehead atoms. The fourth-order valence-electron chi connectivity index (χ4n) is 2.17. The van der Waals surface area contributed by atoms with Gasteiger partial charge in [-0.25, -0.2) is 4.99 Å². The fraction of sp³-hybridized carbons (Fsp3) is 0.556. The maximum atomic E-state index is 12.6. The molecule has 1 rings (SSSR count). The highest BCUT2D eigenvalue weighted by atomic mass is 127. The Morgan fingerprint density at radius 3 is 2.54 bits per heavy atom. The Morgan fingerprint density at radius 2 is 1.93 bits per heavy atom. The lowest BCUT2D eigenvalue weighted by molar-refractivity contribution is -0.120. The van der Waals surface area contributed by atoms with Crippen molar-refractivity contribution in [2.45, 2.75) is 39.8 Å². The molecule has 1 aromatic carbocycles. The Labute approximate surface area is 181 Å². The molecule has 0 heterocycles. The van der Waals surface area contributed by atoms with Gasteiger partial charge in [0.25, 0.3) is 0 Å². The average molecular weight is 514 g/mol. The Morgan fingerprint density at radius 1 is 1.18 bits per heavy atom. The number of nitrogens with one attached hydrogen (secondary N) is 3. The van der Waals surface area contributed by atoms with Gasteiger partial charge >= 0.3 is 6.61 Å². The van der Waals surface area contributed by atoms with Crippen molar-refractivity contribution in [1.82, 2.24) is 16.0 Å². The Kier molecular flexibility index (Phi) is 14.1. The molecule has 28 heavy (non-hydrogen) atoms. The van der Waals surface area contributed by atoms with E-state index in [1.54, 1.807) is 12.1 Å². The summed E-state index contributed by atoms with van der Waals surface area (Å²) in [5.74, 6) is 1.00. The third kappa shape index (κ3) is 10.5. The number of aliphatic imine (C=N–C) groups is 1. The van der Waals surface area contributed by atoms with Gasteiger partial charge in [-0.2, -0.15) is 8.78 Å². The summed E-state index contributed by atoms with van der Waals surface area (Å²) in [5, 5.41) is 8.88. The quantitative estimate of drug-likeness (QED) is 0.240. The van der Waals surface area contributed by atoms with Crippen molar-refractivity contribution in [2.24, 2.45) is 4.99 Å². The maximum absolute atomic E-state index is 12.6. The van der Waals surface area contributed by atoms with Crippen molar-refractivity contribution in [3.8, 4) is 11.5 Å². The number of amides is 1. The molecule has 0 fully saturated rings. The van der Waals surface area contributed by atoms with Crippen molar-refractivity contribution >= 4 is 35.8 Å². The van der Waals surface area contributed by atoms with Gasteiger partial charge in [0.15, 0.2) is 5.96 Å². The highest BCUT2D eigenvalue weighted by molar-refractivity contribution is 14.0. The van der Waals surface area contributed by atoms with Crippen LogP contribution in [0.2, 0.25) is 0 Å². The standard InChI is InChI=1S/C18H28F2N4O3.HI/c1-4-9-22-16(25)8-10-23-18(21-5-2)24-12-13-11-14(26-3)6-7-15(13)27-17(19)20;/h6-7,11,17H,4-5,8-10,12H2,1-3H3,(H,22,25)(H2,21,23,24);1H. The first-order valence-corrected chi connectivity index (χ1v) is 8.90. The second kappa shape index (κ2) is 15.1. The summed E-state index contributed by atoms with van der Waals surface area (Å²) in [6, 6.07) is 4.57. The van der Waals surface area contributed by atoms with Gasteiger partial charge in [-0.3, -0.25) is 4.79 Å². The molecule has 7 nitrogen and oxygen atoms in total. The van der Waals surface area contributed by atoms with Gasteiger partial charge in [-0.1, -0.05) is 6.92 Å². The molecular weight excluding hydrogens is 485 g/mol. The van der Waals surface area contributed by atoms with Crippen LogP contribution in [0, 0.1) is 0 Å². The summed E-state index contributed by atoms with van der Waals surface area (Å²) in [5.41, 5.74) is 0.465. The summed E-state index contributed by atoms with van der Waals surface area (Å²) >= 11 is 0. The number of benzene rings is 1. The zero-order chi connectivity index (χ0) is 20.1. The highest BCUT2D eigenvalue weighted by Gasteiger charge is 2.11. The Bertz CT molecular complexity index is 618. The normalized spacial score (nSPS) is 10.9. The second-order valence-corrected chi connectivity index (χ2v) is 5.57. The van der Waals surface area contributed by atoms with Crippen LogP contribution in [0.1, 0.15) is 32.3 Å². The second-order valence-electron chi connectivity index (χ2n) is 5.57. The van der Waals surface area contributed by atoms with E-state index in [0.717, 1.165) is 6.42 Å². The summed E-state index contributed by atoms with van der Waals surface area (Å²) in [4.78, 5) is 16.0. The van der Waals surface area contributed by atoms with Crippen molar-refractivity contribution in [3.05, 3.63) is 23.8 Å². The van der Waals surface area contributed by atoms with Crippen LogP contribution in [-0.2, 0) is 11.3 Å². The monoisotopic (exact) mass is 514 g/mol. The molecule has 0 unspecified atom stereocenters. The number of carbonyl (C=O) groups excluding carboxylic acids is 1. The van der Waals surface area contributed by atoms with Crippen LogP contribution in [0.25, 0.3) is 0 Å². The summed E-state index contributed by atoms with van der Waals surface area (Å²) < 4.78 is 34.8. The fourth-order valence-corrected chi connectivity index (χ4v) is 2.17. The molecule has 0 aliphatic rings. The molecule has 1 aromatic rings. The van der Waals surface area contributed by atoms with E-state index in [1.807, 2.05) is 13.8 Å². The lowest BCUT2D eigenvalue weighted by Gasteiger charge is -2.13. The predicted octanol–water partition coefficient (Wildman–Crippen LogP) is 2.89. The largest absolute Gasteiger partial charge is 0.497 e. The van der Waals surface area contributed by atoms with Crippen LogP contribution in [-0.4, -0.2) is 45.2 Å². The van der Waals surface area contributed by atoms with Crippen molar-refractivity contribution in [2.75, 3.05) is 26.7 Å². The van der Waals surface area contributed by atoms with Crippen LogP contribution in [0.5, 0.6) is 11.5 Å². The van der Waals surface area contributed by atoms with Gasteiger partial charge in [0.1, 0.15) is 11.5 Å². The summed E-state index contributed by atoms with van der Waals surface area (Å²) in [6.45, 7) is 2.74. The number of carbonyl (C=O) groups is 1. The van der Waals surface area contributed by atoms with E-state index in [1.165, 1.54) is 13.2 Å². The zero-order valence-corrected chi connectivity index (χ0v) is 18.7. The van der Waals surface area contributed by atoms with E-state index in [2.05, 4.69) is 25.7 Å². The lowest BCUT2D eigenvalue weighted by atomic mass is 10.2. The molecular formula is C18H29F2IN4O3. The number of alkyl halides is 2. The number of guanidine groups is 1. The minimum Gasteiger partial charge on any atom is -0.497 e. The molecule has 10 heteroatoms. The minimum absolute atomic E-state index is 0. The van der Waals surface area contributed by atoms with E-state index in [-0.39, 0.29) is 42.2 Å². The smallest absolute Gasteiger partial charge is 0.387 e. The minimum atomic E-state index is -2.92. The van der Waals surface area contributed by atoms with Crippen LogP contribution >= 0.6 is 24.0 Å². The average Bonchev–Trinajstić information content (AvgIpc) is 2.64. The Hall–Kier alpha value is -1.85. The number of hydrogen-bond acceptors (Lipinski definition) is 4. The first kappa shape index (κ1) is 26.1. The molecule has 0 saturated heterocycles. The topological polar surface area (TPSA) is 84.0 Å². The first-order chi connectivity index (χ1) is 13.0. The van der Waals surface area contributed by atoms with Gasteiger partial charge in [0, 0.05) is 31.6 Å². The highest BCUT2D eigenvalue weighted by Crippen LogP contribution is 2.26. The van der Waals surface area contributed by atoms with E-state index < -0.39 is 6.61 Å². The SMILES string of the molecule is CCCNC(=O)CCNC(=NCc1cc(OC)ccc1OC(F)F)NCC.I. The molecule has 1 amide bonds. The third-order valence-corrected chi connectivity index (χ3v) is 3.45. The molecule has 0 atom stereocenters. The van der Waals surface area contributed by atoms with Crippen molar-refractivity contribution in [1.29, 1.82) is 0 Å². The number of halogens is 3. The van der Waals surface area contributed by atoms with Gasteiger partial charge in [0.2, 0.25) is 5.91 Å². The van der Waals surface area contributed by atoms with Crippen LogP contribution < -0.4 is 25.4 Å². The van der Waals surface area contributed by atoms with Crippen LogP contribution in [0.3, 0.4) is 0 Å². The molecule has 0 aliphatic heterocycles. The van der Waals surface area contributed by atoms with Crippen LogP contribution in [0.4, 0.5) is 8.78 Å². The molecule has 0 spiro atoms. The van der Waals surface area contributed by atoms with Crippen LogP contribution in [0.15, 0.2) is 23.2 Å². The maximum Gasteiger partial charge on any atom is 0.387 e. The van der Waals surface area contributed by atoms with Gasteiger partial charge in [-0.15, -0.1) is 24.0 Å². The van der Waals surface area contributed by atoms with E-state index >= 15 is 0 Å². The number of hydrogen-bond donors (Lipinski definition) is 3. The van der Waals surface area contributed by atoms with Gasteiger partial charge in [-0.05, 0) is 31.5 Å². The molecule has 0 aromatic heterocycles. The van der Waals surface area contributed by atoms with Crippen molar-refractivity contribution < 1.29 is 23.0 Å². The first-order valence-electron chi connectivity index (χ1n) is 8.90. The molecule has 0 saturated carbocycles. The van der Waals surface area contributed by atoms with E-state index in [9.17, 15) is 13.6 Å². The number of nitrogens with zero attached hydrogens (tertiary/aromatic N) is 1. The van der Waals surface area contributed by atoms with Crippen molar-refractivity contribution in [3.63, 3.8) is 0 Å². The molecule has 160 valence electrons. The van der Waals surface area contributed by atoms with E-state index in [0.29, 0.717) is 43.3 Å². The molecule has 0 aliphatic carbocycles. The predicted molar refractivity (Wildman–Crippen MR) is 116 cm³/mol.